The molecule has 1 N–H and O–H groups in total. The number of H-pyrrole nitrogens is 1. The second-order valence-corrected chi connectivity index (χ2v) is 5.66. The number of aromatic amines is 1. The van der Waals surface area contributed by atoms with Crippen molar-refractivity contribution in [1.82, 2.24) is 14.9 Å². The van der Waals surface area contributed by atoms with Crippen LogP contribution in [0.2, 0.25) is 0 Å². The predicted molar refractivity (Wildman–Crippen MR) is 93.5 cm³/mol. The van der Waals surface area contributed by atoms with E-state index < -0.39 is 0 Å². The molecule has 0 spiro atoms. The van der Waals surface area contributed by atoms with Crippen molar-refractivity contribution in [1.29, 1.82) is 0 Å². The minimum Gasteiger partial charge on any atom is -0.339 e. The van der Waals surface area contributed by atoms with Gasteiger partial charge in [0.2, 0.25) is 0 Å². The lowest BCUT2D eigenvalue weighted by molar-refractivity contribution is 0.0773. The molecule has 0 aliphatic heterocycles. The molecule has 1 aromatic heterocycles. The van der Waals surface area contributed by atoms with Gasteiger partial charge in [0.1, 0.15) is 5.82 Å². The number of carbonyl (C=O) groups excluding carboxylic acids is 1. The van der Waals surface area contributed by atoms with E-state index >= 15 is 0 Å². The largest absolute Gasteiger partial charge is 0.339 e. The van der Waals surface area contributed by atoms with Crippen molar-refractivity contribution in [3.05, 3.63) is 53.6 Å². The van der Waals surface area contributed by atoms with Gasteiger partial charge in [-0.05, 0) is 50.6 Å². The van der Waals surface area contributed by atoms with Crippen molar-refractivity contribution in [2.45, 2.75) is 20.8 Å². The first kappa shape index (κ1) is 15.3. The third kappa shape index (κ3) is 2.97. The number of carbonyl (C=O) groups is 1. The summed E-state index contributed by atoms with van der Waals surface area (Å²) in [5, 5.41) is 0. The van der Waals surface area contributed by atoms with Gasteiger partial charge in [-0.1, -0.05) is 18.2 Å². The summed E-state index contributed by atoms with van der Waals surface area (Å²) >= 11 is 0. The highest BCUT2D eigenvalue weighted by Gasteiger charge is 2.13. The molecular weight excluding hydrogens is 286 g/mol. The van der Waals surface area contributed by atoms with Gasteiger partial charge in [-0.25, -0.2) is 4.98 Å². The Morgan fingerprint density at radius 2 is 1.78 bits per heavy atom. The van der Waals surface area contributed by atoms with Crippen LogP contribution in [0.1, 0.15) is 29.8 Å². The SMILES string of the molecule is CCN(CC)C(=O)c1ccc(-c2nc3ccc(C)cc3[nH]2)cc1. The molecule has 3 aromatic rings. The summed E-state index contributed by atoms with van der Waals surface area (Å²) in [7, 11) is 0. The summed E-state index contributed by atoms with van der Waals surface area (Å²) in [6.45, 7) is 7.49. The Hall–Kier alpha value is -2.62. The Balaban J connectivity index is 1.90. The van der Waals surface area contributed by atoms with Crippen molar-refractivity contribution >= 4 is 16.9 Å². The molecular formula is C19H21N3O. The molecule has 0 saturated carbocycles. The number of amides is 1. The molecule has 1 amide bonds. The number of nitrogens with one attached hydrogen (secondary N) is 1. The Morgan fingerprint density at radius 3 is 2.43 bits per heavy atom. The van der Waals surface area contributed by atoms with Gasteiger partial charge in [-0.3, -0.25) is 4.79 Å². The highest BCUT2D eigenvalue weighted by atomic mass is 16.2. The Morgan fingerprint density at radius 1 is 1.09 bits per heavy atom. The normalized spacial score (nSPS) is 10.9. The average molecular weight is 307 g/mol. The number of nitrogens with zero attached hydrogens (tertiary/aromatic N) is 2. The molecule has 0 radical (unpaired) electrons. The number of aromatic nitrogens is 2. The number of aryl methyl sites for hydroxylation is 1. The van der Waals surface area contributed by atoms with E-state index in [9.17, 15) is 4.79 Å². The maximum absolute atomic E-state index is 12.3. The second-order valence-electron chi connectivity index (χ2n) is 5.66. The zero-order valence-corrected chi connectivity index (χ0v) is 13.8. The van der Waals surface area contributed by atoms with Crippen molar-refractivity contribution in [3.63, 3.8) is 0 Å². The summed E-state index contributed by atoms with van der Waals surface area (Å²) in [5.41, 5.74) is 4.88. The van der Waals surface area contributed by atoms with E-state index in [1.807, 2.05) is 49.1 Å². The summed E-state index contributed by atoms with van der Waals surface area (Å²) in [4.78, 5) is 22.1. The fourth-order valence-electron chi connectivity index (χ4n) is 2.72. The maximum atomic E-state index is 12.3. The van der Waals surface area contributed by atoms with Crippen LogP contribution >= 0.6 is 0 Å². The molecule has 0 unspecified atom stereocenters. The van der Waals surface area contributed by atoms with E-state index in [1.54, 1.807) is 0 Å². The molecule has 23 heavy (non-hydrogen) atoms. The van der Waals surface area contributed by atoms with Crippen LogP contribution in [-0.2, 0) is 0 Å². The Labute approximate surface area is 136 Å². The predicted octanol–water partition coefficient (Wildman–Crippen LogP) is 4.02. The monoisotopic (exact) mass is 307 g/mol. The summed E-state index contributed by atoms with van der Waals surface area (Å²) in [6, 6.07) is 13.8. The number of imidazole rings is 1. The van der Waals surface area contributed by atoms with E-state index in [0.717, 1.165) is 35.5 Å². The number of benzene rings is 2. The van der Waals surface area contributed by atoms with Gasteiger partial charge < -0.3 is 9.88 Å². The molecule has 0 saturated heterocycles. The zero-order valence-electron chi connectivity index (χ0n) is 13.8. The fourth-order valence-corrected chi connectivity index (χ4v) is 2.72. The van der Waals surface area contributed by atoms with Crippen molar-refractivity contribution in [2.24, 2.45) is 0 Å². The minimum atomic E-state index is 0.0711. The molecule has 0 aliphatic carbocycles. The first-order valence-electron chi connectivity index (χ1n) is 7.98. The lowest BCUT2D eigenvalue weighted by atomic mass is 10.1. The summed E-state index contributed by atoms with van der Waals surface area (Å²) in [5.74, 6) is 0.897. The summed E-state index contributed by atoms with van der Waals surface area (Å²) in [6.07, 6.45) is 0. The number of hydrogen-bond donors (Lipinski definition) is 1. The van der Waals surface area contributed by atoms with Crippen molar-refractivity contribution in [3.8, 4) is 11.4 Å². The molecule has 3 rings (SSSR count). The van der Waals surface area contributed by atoms with Crippen LogP contribution < -0.4 is 0 Å². The zero-order chi connectivity index (χ0) is 16.4. The highest BCUT2D eigenvalue weighted by Crippen LogP contribution is 2.22. The minimum absolute atomic E-state index is 0.0711. The van der Waals surface area contributed by atoms with Crippen LogP contribution in [0.5, 0.6) is 0 Å². The lowest BCUT2D eigenvalue weighted by Crippen LogP contribution is -2.30. The average Bonchev–Trinajstić information content (AvgIpc) is 2.99. The fraction of sp³-hybridized carbons (Fsp3) is 0.263. The lowest BCUT2D eigenvalue weighted by Gasteiger charge is -2.18. The van der Waals surface area contributed by atoms with E-state index in [4.69, 9.17) is 0 Å². The number of hydrogen-bond acceptors (Lipinski definition) is 2. The van der Waals surface area contributed by atoms with E-state index in [1.165, 1.54) is 5.56 Å². The third-order valence-corrected chi connectivity index (χ3v) is 4.09. The summed E-state index contributed by atoms with van der Waals surface area (Å²) < 4.78 is 0. The van der Waals surface area contributed by atoms with Gasteiger partial charge in [0.05, 0.1) is 11.0 Å². The van der Waals surface area contributed by atoms with Gasteiger partial charge in [-0.15, -0.1) is 0 Å². The molecule has 4 nitrogen and oxygen atoms in total. The quantitative estimate of drug-likeness (QED) is 0.791. The smallest absolute Gasteiger partial charge is 0.253 e. The van der Waals surface area contributed by atoms with Crippen LogP contribution in [0.25, 0.3) is 22.4 Å². The van der Waals surface area contributed by atoms with Crippen LogP contribution in [0.15, 0.2) is 42.5 Å². The van der Waals surface area contributed by atoms with Gasteiger partial charge in [0.15, 0.2) is 0 Å². The first-order valence-corrected chi connectivity index (χ1v) is 7.98. The third-order valence-electron chi connectivity index (χ3n) is 4.09. The molecule has 0 aliphatic rings. The topological polar surface area (TPSA) is 49.0 Å². The van der Waals surface area contributed by atoms with Crippen molar-refractivity contribution in [2.75, 3.05) is 13.1 Å². The van der Waals surface area contributed by atoms with Crippen LogP contribution in [-0.4, -0.2) is 33.9 Å². The molecule has 118 valence electrons. The Kier molecular flexibility index (Phi) is 4.15. The number of fused-ring (bicyclic) bond motifs is 1. The molecule has 0 fully saturated rings. The highest BCUT2D eigenvalue weighted by molar-refractivity contribution is 5.94. The van der Waals surface area contributed by atoms with E-state index in [2.05, 4.69) is 29.0 Å². The van der Waals surface area contributed by atoms with Gasteiger partial charge in [0, 0.05) is 24.2 Å². The van der Waals surface area contributed by atoms with Gasteiger partial charge in [-0.2, -0.15) is 0 Å². The molecule has 0 atom stereocenters. The number of rotatable bonds is 4. The van der Waals surface area contributed by atoms with Crippen LogP contribution in [0, 0.1) is 6.92 Å². The van der Waals surface area contributed by atoms with E-state index in [0.29, 0.717) is 5.56 Å². The standard InChI is InChI=1S/C19H21N3O/c1-4-22(5-2)19(23)15-9-7-14(8-10-15)18-20-16-11-6-13(3)12-17(16)21-18/h6-12H,4-5H2,1-3H3,(H,20,21). The van der Waals surface area contributed by atoms with Crippen LogP contribution in [0.3, 0.4) is 0 Å². The second kappa shape index (κ2) is 6.24. The maximum Gasteiger partial charge on any atom is 0.253 e. The molecule has 4 heteroatoms. The van der Waals surface area contributed by atoms with Crippen LogP contribution in [0.4, 0.5) is 0 Å². The Bertz CT molecular complexity index is 829. The molecule has 2 aromatic carbocycles. The van der Waals surface area contributed by atoms with Gasteiger partial charge >= 0.3 is 0 Å². The van der Waals surface area contributed by atoms with E-state index in [-0.39, 0.29) is 5.91 Å². The molecule has 1 heterocycles. The van der Waals surface area contributed by atoms with Gasteiger partial charge in [0.25, 0.3) is 5.91 Å². The molecule has 0 bridgehead atoms. The van der Waals surface area contributed by atoms with Crippen molar-refractivity contribution < 1.29 is 4.79 Å². The first-order chi connectivity index (χ1) is 11.1.